The summed E-state index contributed by atoms with van der Waals surface area (Å²) >= 11 is 5.96. The van der Waals surface area contributed by atoms with Crippen molar-refractivity contribution in [2.45, 2.75) is 47.0 Å². The summed E-state index contributed by atoms with van der Waals surface area (Å²) < 4.78 is 4.92. The minimum absolute atomic E-state index is 0.0192. The molecule has 1 fully saturated rings. The van der Waals surface area contributed by atoms with Gasteiger partial charge >= 0.3 is 0 Å². The molecule has 1 aromatic heterocycles. The number of piperidine rings is 1. The van der Waals surface area contributed by atoms with E-state index in [4.69, 9.17) is 16.1 Å². The van der Waals surface area contributed by atoms with Gasteiger partial charge in [0.05, 0.1) is 5.69 Å². The van der Waals surface area contributed by atoms with E-state index in [0.29, 0.717) is 35.2 Å². The van der Waals surface area contributed by atoms with E-state index >= 15 is 0 Å². The van der Waals surface area contributed by atoms with Gasteiger partial charge in [0.1, 0.15) is 0 Å². The molecule has 156 valence electrons. The molecule has 2 heterocycles. The third kappa shape index (κ3) is 5.18. The standard InChI is InChI=1S/C22H28ClN3O3/c1-13-9-14(2)12-26(11-13)22(28)17-6-5-15(3)19(10-17)24-20(27)8-7-18-16(4)25-29-21(18)23/h5-6,10,13-14H,7-9,11-12H2,1-4H3,(H,24,27). The second-order valence-electron chi connectivity index (χ2n) is 8.25. The molecule has 1 N–H and O–H groups in total. The van der Waals surface area contributed by atoms with E-state index in [2.05, 4.69) is 24.3 Å². The Morgan fingerprint density at radius 1 is 1.24 bits per heavy atom. The second kappa shape index (κ2) is 8.99. The maximum Gasteiger partial charge on any atom is 0.253 e. The molecule has 7 heteroatoms. The van der Waals surface area contributed by atoms with Crippen molar-refractivity contribution in [2.75, 3.05) is 18.4 Å². The van der Waals surface area contributed by atoms with E-state index < -0.39 is 0 Å². The van der Waals surface area contributed by atoms with Gasteiger partial charge in [-0.1, -0.05) is 25.1 Å². The lowest BCUT2D eigenvalue weighted by Gasteiger charge is -2.35. The first kappa shape index (κ1) is 21.4. The molecule has 1 aliphatic heterocycles. The van der Waals surface area contributed by atoms with Crippen LogP contribution in [0.15, 0.2) is 22.7 Å². The maximum atomic E-state index is 13.0. The van der Waals surface area contributed by atoms with Gasteiger partial charge in [0.25, 0.3) is 5.91 Å². The van der Waals surface area contributed by atoms with Crippen LogP contribution in [-0.4, -0.2) is 35.0 Å². The van der Waals surface area contributed by atoms with Crippen LogP contribution in [0.4, 0.5) is 5.69 Å². The molecule has 2 unspecified atom stereocenters. The second-order valence-corrected chi connectivity index (χ2v) is 8.60. The summed E-state index contributed by atoms with van der Waals surface area (Å²) in [6.07, 6.45) is 1.84. The highest BCUT2D eigenvalue weighted by Gasteiger charge is 2.26. The third-order valence-electron chi connectivity index (χ3n) is 5.45. The molecule has 0 radical (unpaired) electrons. The molecule has 1 aromatic carbocycles. The van der Waals surface area contributed by atoms with E-state index in [9.17, 15) is 9.59 Å². The number of anilines is 1. The number of likely N-dealkylation sites (tertiary alicyclic amines) is 1. The zero-order chi connectivity index (χ0) is 21.1. The number of benzene rings is 1. The predicted molar refractivity (Wildman–Crippen MR) is 113 cm³/mol. The molecular formula is C22H28ClN3O3. The smallest absolute Gasteiger partial charge is 0.253 e. The monoisotopic (exact) mass is 417 g/mol. The number of carbonyl (C=O) groups excluding carboxylic acids is 2. The summed E-state index contributed by atoms with van der Waals surface area (Å²) in [5, 5.41) is 6.95. The van der Waals surface area contributed by atoms with Crippen LogP contribution < -0.4 is 5.32 Å². The number of halogens is 1. The molecule has 2 atom stereocenters. The molecule has 29 heavy (non-hydrogen) atoms. The number of carbonyl (C=O) groups is 2. The summed E-state index contributed by atoms with van der Waals surface area (Å²) in [6.45, 7) is 9.62. The number of aromatic nitrogens is 1. The van der Waals surface area contributed by atoms with Crippen molar-refractivity contribution in [3.63, 3.8) is 0 Å². The van der Waals surface area contributed by atoms with Crippen LogP contribution in [-0.2, 0) is 11.2 Å². The highest BCUT2D eigenvalue weighted by atomic mass is 35.5. The highest BCUT2D eigenvalue weighted by molar-refractivity contribution is 6.29. The Balaban J connectivity index is 1.67. The van der Waals surface area contributed by atoms with Gasteiger partial charge in [-0.2, -0.15) is 0 Å². The zero-order valence-corrected chi connectivity index (χ0v) is 18.2. The minimum Gasteiger partial charge on any atom is -0.344 e. The minimum atomic E-state index is -0.144. The molecule has 3 rings (SSSR count). The number of hydrogen-bond acceptors (Lipinski definition) is 4. The fourth-order valence-corrected chi connectivity index (χ4v) is 4.26. The Hall–Kier alpha value is -2.34. The predicted octanol–water partition coefficient (Wildman–Crippen LogP) is 4.63. The van der Waals surface area contributed by atoms with Gasteiger partial charge in [-0.25, -0.2) is 0 Å². The molecule has 0 saturated carbocycles. The van der Waals surface area contributed by atoms with Gasteiger partial charge in [-0.05, 0) is 67.8 Å². The van der Waals surface area contributed by atoms with Crippen molar-refractivity contribution in [3.8, 4) is 0 Å². The Bertz CT molecular complexity index is 879. The molecule has 0 bridgehead atoms. The normalized spacial score (nSPS) is 19.3. The third-order valence-corrected chi connectivity index (χ3v) is 5.75. The molecule has 2 aromatic rings. The fourth-order valence-electron chi connectivity index (χ4n) is 3.99. The summed E-state index contributed by atoms with van der Waals surface area (Å²) in [5.41, 5.74) is 3.61. The number of nitrogens with zero attached hydrogens (tertiary/aromatic N) is 2. The van der Waals surface area contributed by atoms with E-state index in [1.165, 1.54) is 0 Å². The van der Waals surface area contributed by atoms with E-state index in [-0.39, 0.29) is 23.5 Å². The van der Waals surface area contributed by atoms with Crippen molar-refractivity contribution in [2.24, 2.45) is 11.8 Å². The molecule has 0 spiro atoms. The Morgan fingerprint density at radius 2 is 1.93 bits per heavy atom. The number of nitrogens with one attached hydrogen (secondary N) is 1. The molecule has 0 aliphatic carbocycles. The lowest BCUT2D eigenvalue weighted by atomic mass is 9.91. The SMILES string of the molecule is Cc1ccc(C(=O)N2CC(C)CC(C)C2)cc1NC(=O)CCc1c(C)noc1Cl. The Labute approximate surface area is 176 Å². The maximum absolute atomic E-state index is 13.0. The summed E-state index contributed by atoms with van der Waals surface area (Å²) in [7, 11) is 0. The number of hydrogen-bond donors (Lipinski definition) is 1. The van der Waals surface area contributed by atoms with E-state index in [1.807, 2.05) is 24.0 Å². The number of amides is 2. The molecule has 1 saturated heterocycles. The molecule has 2 amide bonds. The quantitative estimate of drug-likeness (QED) is 0.769. The first-order valence-electron chi connectivity index (χ1n) is 10.0. The number of rotatable bonds is 5. The van der Waals surface area contributed by atoms with E-state index in [1.54, 1.807) is 13.0 Å². The van der Waals surface area contributed by atoms with Gasteiger partial charge in [-0.3, -0.25) is 9.59 Å². The van der Waals surface area contributed by atoms with Crippen molar-refractivity contribution in [1.82, 2.24) is 10.1 Å². The van der Waals surface area contributed by atoms with Crippen molar-refractivity contribution in [3.05, 3.63) is 45.8 Å². The van der Waals surface area contributed by atoms with Crippen molar-refractivity contribution >= 4 is 29.1 Å². The van der Waals surface area contributed by atoms with Crippen LogP contribution in [0.2, 0.25) is 5.22 Å². The van der Waals surface area contributed by atoms with Gasteiger partial charge in [0, 0.05) is 36.3 Å². The molecular weight excluding hydrogens is 390 g/mol. The van der Waals surface area contributed by atoms with Crippen molar-refractivity contribution in [1.29, 1.82) is 0 Å². The lowest BCUT2D eigenvalue weighted by Crippen LogP contribution is -2.42. The van der Waals surface area contributed by atoms with E-state index in [0.717, 1.165) is 30.6 Å². The van der Waals surface area contributed by atoms with Gasteiger partial charge in [0.15, 0.2) is 0 Å². The van der Waals surface area contributed by atoms with Crippen LogP contribution in [0.25, 0.3) is 0 Å². The molecule has 1 aliphatic rings. The van der Waals surface area contributed by atoms with Crippen LogP contribution in [0, 0.1) is 25.7 Å². The van der Waals surface area contributed by atoms with Crippen LogP contribution in [0.1, 0.15) is 53.9 Å². The number of aryl methyl sites for hydroxylation is 2. The Morgan fingerprint density at radius 3 is 2.55 bits per heavy atom. The van der Waals surface area contributed by atoms with Crippen LogP contribution >= 0.6 is 11.6 Å². The van der Waals surface area contributed by atoms with Crippen molar-refractivity contribution < 1.29 is 14.1 Å². The summed E-state index contributed by atoms with van der Waals surface area (Å²) in [6, 6.07) is 5.48. The fraction of sp³-hybridized carbons (Fsp3) is 0.500. The summed E-state index contributed by atoms with van der Waals surface area (Å²) in [5.74, 6) is 0.875. The average Bonchev–Trinajstić information content (AvgIpc) is 2.98. The largest absolute Gasteiger partial charge is 0.344 e. The average molecular weight is 418 g/mol. The zero-order valence-electron chi connectivity index (χ0n) is 17.4. The van der Waals surface area contributed by atoms with Gasteiger partial charge in [0.2, 0.25) is 11.1 Å². The first-order chi connectivity index (χ1) is 13.7. The topological polar surface area (TPSA) is 75.4 Å². The van der Waals surface area contributed by atoms with Crippen LogP contribution in [0.5, 0.6) is 0 Å². The Kier molecular flexibility index (Phi) is 6.63. The highest BCUT2D eigenvalue weighted by Crippen LogP contribution is 2.25. The lowest BCUT2D eigenvalue weighted by molar-refractivity contribution is -0.116. The molecule has 6 nitrogen and oxygen atoms in total. The van der Waals surface area contributed by atoms with Gasteiger partial charge in [-0.15, -0.1) is 0 Å². The summed E-state index contributed by atoms with van der Waals surface area (Å²) in [4.78, 5) is 27.4. The van der Waals surface area contributed by atoms with Crippen LogP contribution in [0.3, 0.4) is 0 Å². The van der Waals surface area contributed by atoms with Gasteiger partial charge < -0.3 is 14.7 Å². The first-order valence-corrected chi connectivity index (χ1v) is 10.4.